The maximum absolute atomic E-state index is 12.7. The van der Waals surface area contributed by atoms with E-state index in [-0.39, 0.29) is 0 Å². The van der Waals surface area contributed by atoms with Crippen LogP contribution >= 0.6 is 11.8 Å². The molecule has 1 aliphatic heterocycles. The molecule has 0 aliphatic carbocycles. The van der Waals surface area contributed by atoms with Gasteiger partial charge in [-0.15, -0.1) is 11.8 Å². The average Bonchev–Trinajstić information content (AvgIpc) is 3.02. The predicted molar refractivity (Wildman–Crippen MR) is 128 cm³/mol. The highest BCUT2D eigenvalue weighted by Crippen LogP contribution is 2.47. The van der Waals surface area contributed by atoms with Crippen LogP contribution in [0.5, 0.6) is 0 Å². The van der Waals surface area contributed by atoms with Gasteiger partial charge in [-0.1, -0.05) is 0 Å². The first kappa shape index (κ1) is 32.7. The Labute approximate surface area is 223 Å². The lowest BCUT2D eigenvalue weighted by Crippen LogP contribution is -2.59. The maximum atomic E-state index is 12.7. The van der Waals surface area contributed by atoms with Gasteiger partial charge in [0.05, 0.1) is 0 Å². The fraction of sp³-hybridized carbons (Fsp3) is 0.696. The number of carboxylic acids is 1. The molecule has 1 rings (SSSR count). The molecule has 0 radical (unpaired) electrons. The van der Waals surface area contributed by atoms with E-state index in [4.69, 9.17) is 23.7 Å². The van der Waals surface area contributed by atoms with Gasteiger partial charge in [-0.3, -0.25) is 28.8 Å². The summed E-state index contributed by atoms with van der Waals surface area (Å²) in [7, 11) is 0. The highest BCUT2D eigenvalue weighted by atomic mass is 32.2. The van der Waals surface area contributed by atoms with Crippen molar-refractivity contribution in [3.8, 4) is 0 Å². The van der Waals surface area contributed by atoms with Gasteiger partial charge in [0.15, 0.2) is 24.4 Å². The molecule has 0 unspecified atom stereocenters. The summed E-state index contributed by atoms with van der Waals surface area (Å²) in [4.78, 5) is 85.6. The molecular formula is C23H33NO13S. The van der Waals surface area contributed by atoms with E-state index in [1.54, 1.807) is 13.8 Å². The molecule has 1 fully saturated rings. The van der Waals surface area contributed by atoms with Gasteiger partial charge < -0.3 is 33.7 Å². The number of hydrogen-bond donors (Lipinski definition) is 1. The number of nitrogens with zero attached hydrogens (tertiary/aromatic N) is 1. The first-order chi connectivity index (χ1) is 17.4. The minimum Gasteiger partial charge on any atom is -0.480 e. The molecule has 0 aromatic rings. The molecule has 6 atom stereocenters. The third-order valence-corrected chi connectivity index (χ3v) is 6.77. The number of carbonyl (C=O) groups is 7. The zero-order valence-corrected chi connectivity index (χ0v) is 23.2. The number of aliphatic carboxylic acids is 1. The van der Waals surface area contributed by atoms with E-state index >= 15 is 0 Å². The Balaban J connectivity index is 3.83. The van der Waals surface area contributed by atoms with Crippen LogP contribution in [0.1, 0.15) is 55.4 Å². The zero-order chi connectivity index (χ0) is 29.5. The van der Waals surface area contributed by atoms with Crippen LogP contribution in [0.25, 0.3) is 0 Å². The van der Waals surface area contributed by atoms with E-state index in [2.05, 4.69) is 0 Å². The van der Waals surface area contributed by atoms with Crippen molar-refractivity contribution >= 4 is 53.5 Å². The van der Waals surface area contributed by atoms with Gasteiger partial charge in [-0.05, 0) is 13.8 Å². The Morgan fingerprint density at radius 2 is 1.24 bits per heavy atom. The van der Waals surface area contributed by atoms with Gasteiger partial charge in [0.2, 0.25) is 5.91 Å². The lowest BCUT2D eigenvalue weighted by molar-refractivity contribution is -0.205. The standard InChI is InChI=1S/C23H33NO13S/c1-10(25)24-20(22(31)32)23(7,8)38-21(24)19(37-15(6)30)18(36-14(5)29)17(35-13(4)28)16(34-12(3)27)9-33-11(2)26/h16-21H,9H2,1-8H3,(H,31,32)/t16-,17+,18+,19-,20+,21-/m0/s1. The van der Waals surface area contributed by atoms with Crippen molar-refractivity contribution in [1.82, 2.24) is 4.90 Å². The zero-order valence-electron chi connectivity index (χ0n) is 22.4. The summed E-state index contributed by atoms with van der Waals surface area (Å²) in [6, 6.07) is -1.39. The van der Waals surface area contributed by atoms with E-state index in [1.807, 2.05) is 0 Å². The molecule has 214 valence electrons. The van der Waals surface area contributed by atoms with Gasteiger partial charge >= 0.3 is 35.8 Å². The van der Waals surface area contributed by atoms with E-state index in [9.17, 15) is 38.7 Å². The third kappa shape index (κ3) is 8.89. The largest absolute Gasteiger partial charge is 0.480 e. The number of carbonyl (C=O) groups excluding carboxylic acids is 6. The molecular weight excluding hydrogens is 530 g/mol. The van der Waals surface area contributed by atoms with Crippen molar-refractivity contribution in [2.45, 2.75) is 96.0 Å². The second kappa shape index (κ2) is 13.4. The number of amides is 1. The maximum Gasteiger partial charge on any atom is 0.327 e. The van der Waals surface area contributed by atoms with E-state index < -0.39 is 88.9 Å². The Morgan fingerprint density at radius 1 is 0.763 bits per heavy atom. The molecule has 1 saturated heterocycles. The fourth-order valence-corrected chi connectivity index (χ4v) is 5.76. The fourth-order valence-electron chi connectivity index (χ4n) is 4.06. The molecule has 14 nitrogen and oxygen atoms in total. The van der Waals surface area contributed by atoms with Crippen molar-refractivity contribution in [3.63, 3.8) is 0 Å². The smallest absolute Gasteiger partial charge is 0.327 e. The number of esters is 5. The molecule has 1 aliphatic rings. The van der Waals surface area contributed by atoms with Crippen molar-refractivity contribution in [2.75, 3.05) is 6.61 Å². The normalized spacial score (nSPS) is 21.2. The topological polar surface area (TPSA) is 189 Å². The molecule has 0 saturated carbocycles. The number of carboxylic acid groups (broad SMARTS) is 1. The highest BCUT2D eigenvalue weighted by molar-refractivity contribution is 8.01. The van der Waals surface area contributed by atoms with Crippen LogP contribution in [-0.4, -0.2) is 98.9 Å². The van der Waals surface area contributed by atoms with E-state index in [0.29, 0.717) is 0 Å². The number of rotatable bonds is 11. The first-order valence-electron chi connectivity index (χ1n) is 11.4. The monoisotopic (exact) mass is 563 g/mol. The van der Waals surface area contributed by atoms with Crippen LogP contribution in [0.2, 0.25) is 0 Å². The van der Waals surface area contributed by atoms with Gasteiger partial charge in [0, 0.05) is 46.3 Å². The molecule has 15 heteroatoms. The Kier molecular flexibility index (Phi) is 11.6. The molecule has 1 heterocycles. The molecule has 38 heavy (non-hydrogen) atoms. The minimum absolute atomic E-state index is 0.644. The van der Waals surface area contributed by atoms with Gasteiger partial charge in [0.1, 0.15) is 18.0 Å². The summed E-state index contributed by atoms with van der Waals surface area (Å²) in [6.45, 7) is 8.73. The third-order valence-electron chi connectivity index (χ3n) is 5.20. The van der Waals surface area contributed by atoms with Crippen LogP contribution in [0.4, 0.5) is 0 Å². The average molecular weight is 564 g/mol. The molecule has 0 aromatic heterocycles. The van der Waals surface area contributed by atoms with Crippen LogP contribution in [-0.2, 0) is 57.2 Å². The molecule has 0 bridgehead atoms. The van der Waals surface area contributed by atoms with Gasteiger partial charge in [-0.2, -0.15) is 0 Å². The lowest BCUT2D eigenvalue weighted by atomic mass is 9.98. The van der Waals surface area contributed by atoms with Gasteiger partial charge in [0.25, 0.3) is 0 Å². The Hall–Kier alpha value is -3.36. The van der Waals surface area contributed by atoms with Crippen LogP contribution < -0.4 is 0 Å². The first-order valence-corrected chi connectivity index (χ1v) is 12.3. The summed E-state index contributed by atoms with van der Waals surface area (Å²) >= 11 is 0.949. The summed E-state index contributed by atoms with van der Waals surface area (Å²) in [5.41, 5.74) is 0. The van der Waals surface area contributed by atoms with Crippen molar-refractivity contribution in [1.29, 1.82) is 0 Å². The highest BCUT2D eigenvalue weighted by Gasteiger charge is 2.59. The van der Waals surface area contributed by atoms with Crippen molar-refractivity contribution < 1.29 is 62.4 Å². The quantitative estimate of drug-likeness (QED) is 0.269. The van der Waals surface area contributed by atoms with Crippen molar-refractivity contribution in [3.05, 3.63) is 0 Å². The summed E-state index contributed by atoms with van der Waals surface area (Å²) in [5.74, 6) is -6.46. The molecule has 1 amide bonds. The second-order valence-corrected chi connectivity index (χ2v) is 10.7. The molecule has 0 spiro atoms. The van der Waals surface area contributed by atoms with Crippen LogP contribution in [0.3, 0.4) is 0 Å². The van der Waals surface area contributed by atoms with Gasteiger partial charge in [-0.25, -0.2) is 4.79 Å². The number of ether oxygens (including phenoxy) is 5. The second-order valence-electron chi connectivity index (χ2n) is 8.95. The Bertz CT molecular complexity index is 965. The van der Waals surface area contributed by atoms with E-state index in [0.717, 1.165) is 58.2 Å². The SMILES string of the molecule is CC(=O)OC[C@H](OC(C)=O)[C@@H](OC(C)=O)[C@@H](OC(C)=O)[C@H](OC(C)=O)[C@@H]1SC(C)(C)[C@@H](C(=O)O)N1C(C)=O. The van der Waals surface area contributed by atoms with E-state index in [1.165, 1.54) is 0 Å². The van der Waals surface area contributed by atoms with Crippen LogP contribution in [0, 0.1) is 0 Å². The number of hydrogen-bond acceptors (Lipinski definition) is 13. The molecule has 1 N–H and O–H groups in total. The molecule has 0 aromatic carbocycles. The lowest BCUT2D eigenvalue weighted by Gasteiger charge is -2.39. The summed E-state index contributed by atoms with van der Waals surface area (Å²) in [6.07, 6.45) is -6.65. The van der Waals surface area contributed by atoms with Crippen molar-refractivity contribution in [2.24, 2.45) is 0 Å². The predicted octanol–water partition coefficient (Wildman–Crippen LogP) is 0.430. The summed E-state index contributed by atoms with van der Waals surface area (Å²) < 4.78 is 25.3. The minimum atomic E-state index is -1.75. The van der Waals surface area contributed by atoms with Crippen LogP contribution in [0.15, 0.2) is 0 Å². The Morgan fingerprint density at radius 3 is 1.63 bits per heavy atom. The summed E-state index contributed by atoms with van der Waals surface area (Å²) in [5, 5.41) is 8.63. The number of thioether (sulfide) groups is 1.